The highest BCUT2D eigenvalue weighted by Gasteiger charge is 2.26. The Bertz CT molecular complexity index is 1260. The zero-order valence-electron chi connectivity index (χ0n) is 19.6. The summed E-state index contributed by atoms with van der Waals surface area (Å²) in [6.45, 7) is 4.22. The molecule has 1 aromatic carbocycles. The number of aryl methyl sites for hydroxylation is 1. The van der Waals surface area contributed by atoms with E-state index >= 15 is 0 Å². The van der Waals surface area contributed by atoms with E-state index in [1.165, 1.54) is 27.4 Å². The molecule has 12 heteroatoms. The molecule has 0 aliphatic carbocycles. The second-order valence-electron chi connectivity index (χ2n) is 7.41. The summed E-state index contributed by atoms with van der Waals surface area (Å²) in [6.07, 6.45) is 4.28. The van der Waals surface area contributed by atoms with E-state index in [-0.39, 0.29) is 0 Å². The van der Waals surface area contributed by atoms with Crippen LogP contribution < -0.4 is 4.74 Å². The SMILES string of the molecule is CCCN(CCSc1ccc(OCC(=O)O)c(C)c1)S(=O)(=O)c1ccc(-c2ccnc(SC)n2)s1. The van der Waals surface area contributed by atoms with Crippen molar-refractivity contribution in [3.05, 3.63) is 48.2 Å². The summed E-state index contributed by atoms with van der Waals surface area (Å²) in [7, 11) is -3.64. The normalized spacial score (nSPS) is 11.7. The van der Waals surface area contributed by atoms with Crippen LogP contribution in [-0.2, 0) is 14.8 Å². The first-order valence-electron chi connectivity index (χ1n) is 10.8. The van der Waals surface area contributed by atoms with Gasteiger partial charge in [-0.15, -0.1) is 23.1 Å². The van der Waals surface area contributed by atoms with Gasteiger partial charge in [0.05, 0.1) is 10.6 Å². The Hall–Kier alpha value is -2.12. The lowest BCUT2D eigenvalue weighted by Gasteiger charge is -2.20. The molecule has 0 saturated heterocycles. The molecular weight excluding hydrogens is 527 g/mol. The fourth-order valence-corrected chi connectivity index (χ4v) is 7.59. The highest BCUT2D eigenvalue weighted by molar-refractivity contribution is 7.99. The number of aromatic nitrogens is 2. The van der Waals surface area contributed by atoms with Crippen molar-refractivity contribution in [3.8, 4) is 16.3 Å². The Morgan fingerprint density at radius 1 is 1.20 bits per heavy atom. The quantitative estimate of drug-likeness (QED) is 0.234. The molecule has 2 aromatic heterocycles. The third kappa shape index (κ3) is 7.43. The van der Waals surface area contributed by atoms with Gasteiger partial charge in [-0.25, -0.2) is 23.2 Å². The lowest BCUT2D eigenvalue weighted by atomic mass is 10.2. The summed E-state index contributed by atoms with van der Waals surface area (Å²) in [6, 6.07) is 10.7. The number of thioether (sulfide) groups is 2. The number of rotatable bonds is 13. The van der Waals surface area contributed by atoms with E-state index in [1.54, 1.807) is 42.2 Å². The molecule has 2 heterocycles. The molecule has 0 bridgehead atoms. The fraction of sp³-hybridized carbons (Fsp3) is 0.348. The maximum absolute atomic E-state index is 13.4. The molecule has 8 nitrogen and oxygen atoms in total. The smallest absolute Gasteiger partial charge is 0.341 e. The molecular formula is C23H27N3O5S4. The maximum Gasteiger partial charge on any atom is 0.341 e. The Labute approximate surface area is 218 Å². The average Bonchev–Trinajstić information content (AvgIpc) is 3.34. The summed E-state index contributed by atoms with van der Waals surface area (Å²) in [5.74, 6) is 0.0725. The number of thiophene rings is 1. The number of ether oxygens (including phenoxy) is 1. The van der Waals surface area contributed by atoms with E-state index in [0.29, 0.717) is 46.1 Å². The van der Waals surface area contributed by atoms with Crippen molar-refractivity contribution in [1.29, 1.82) is 0 Å². The number of carbonyl (C=O) groups is 1. The average molecular weight is 554 g/mol. The minimum Gasteiger partial charge on any atom is -0.482 e. The van der Waals surface area contributed by atoms with Crippen LogP contribution in [0, 0.1) is 6.92 Å². The number of carboxylic acids is 1. The van der Waals surface area contributed by atoms with Crippen molar-refractivity contribution in [3.63, 3.8) is 0 Å². The monoisotopic (exact) mass is 553 g/mol. The topological polar surface area (TPSA) is 110 Å². The molecule has 0 aliphatic heterocycles. The second kappa shape index (κ2) is 12.7. The van der Waals surface area contributed by atoms with Gasteiger partial charge in [0.15, 0.2) is 11.8 Å². The van der Waals surface area contributed by atoms with Gasteiger partial charge in [0, 0.05) is 29.9 Å². The van der Waals surface area contributed by atoms with Gasteiger partial charge in [-0.3, -0.25) is 0 Å². The third-order valence-electron chi connectivity index (χ3n) is 4.82. The van der Waals surface area contributed by atoms with E-state index in [0.717, 1.165) is 15.3 Å². The number of sulfonamides is 1. The van der Waals surface area contributed by atoms with Crippen LogP contribution in [0.1, 0.15) is 18.9 Å². The second-order valence-corrected chi connectivity index (χ2v) is 12.6. The minimum atomic E-state index is -3.64. The number of nitrogens with zero attached hydrogens (tertiary/aromatic N) is 3. The molecule has 0 fully saturated rings. The van der Waals surface area contributed by atoms with Gasteiger partial charge in [-0.1, -0.05) is 18.7 Å². The molecule has 0 aliphatic rings. The summed E-state index contributed by atoms with van der Waals surface area (Å²) in [4.78, 5) is 21.1. The van der Waals surface area contributed by atoms with Crippen molar-refractivity contribution in [2.24, 2.45) is 0 Å². The van der Waals surface area contributed by atoms with Crippen LogP contribution in [0.4, 0.5) is 0 Å². The molecule has 188 valence electrons. The minimum absolute atomic E-state index is 0.297. The van der Waals surface area contributed by atoms with Gasteiger partial charge in [0.25, 0.3) is 10.0 Å². The number of benzene rings is 1. The van der Waals surface area contributed by atoms with Crippen LogP contribution in [0.5, 0.6) is 5.75 Å². The summed E-state index contributed by atoms with van der Waals surface area (Å²) < 4.78 is 33.9. The number of hydrogen-bond donors (Lipinski definition) is 1. The van der Waals surface area contributed by atoms with Gasteiger partial charge < -0.3 is 9.84 Å². The first-order valence-corrected chi connectivity index (χ1v) is 15.3. The highest BCUT2D eigenvalue weighted by Crippen LogP contribution is 2.32. The first kappa shape index (κ1) is 27.5. The molecule has 35 heavy (non-hydrogen) atoms. The molecule has 0 atom stereocenters. The van der Waals surface area contributed by atoms with Crippen LogP contribution in [0.2, 0.25) is 0 Å². The van der Waals surface area contributed by atoms with E-state index < -0.39 is 22.6 Å². The molecule has 0 spiro atoms. The molecule has 3 rings (SSSR count). The third-order valence-corrected chi connectivity index (χ3v) is 9.83. The molecule has 0 radical (unpaired) electrons. The van der Waals surface area contributed by atoms with Crippen LogP contribution >= 0.6 is 34.9 Å². The van der Waals surface area contributed by atoms with Crippen LogP contribution in [0.25, 0.3) is 10.6 Å². The van der Waals surface area contributed by atoms with Gasteiger partial charge in [-0.2, -0.15) is 4.31 Å². The first-order chi connectivity index (χ1) is 16.7. The van der Waals surface area contributed by atoms with Crippen molar-refractivity contribution in [2.75, 3.05) is 31.7 Å². The summed E-state index contributed by atoms with van der Waals surface area (Å²) in [5.41, 5.74) is 1.54. The lowest BCUT2D eigenvalue weighted by molar-refractivity contribution is -0.139. The molecule has 1 N–H and O–H groups in total. The molecule has 0 amide bonds. The Kier molecular flexibility index (Phi) is 9.99. The van der Waals surface area contributed by atoms with Gasteiger partial charge in [0.1, 0.15) is 9.96 Å². The fourth-order valence-electron chi connectivity index (χ4n) is 3.18. The zero-order chi connectivity index (χ0) is 25.4. The molecule has 0 unspecified atom stereocenters. The van der Waals surface area contributed by atoms with Crippen LogP contribution in [-0.4, -0.2) is 65.5 Å². The van der Waals surface area contributed by atoms with Crippen molar-refractivity contribution >= 4 is 50.9 Å². The predicted octanol–water partition coefficient (Wildman–Crippen LogP) is 4.89. The largest absolute Gasteiger partial charge is 0.482 e. The Morgan fingerprint density at radius 3 is 2.69 bits per heavy atom. The van der Waals surface area contributed by atoms with Crippen molar-refractivity contribution in [1.82, 2.24) is 14.3 Å². The number of carboxylic acid groups (broad SMARTS) is 1. The van der Waals surface area contributed by atoms with Crippen molar-refractivity contribution in [2.45, 2.75) is 34.5 Å². The number of hydrogen-bond acceptors (Lipinski definition) is 9. The molecule has 0 saturated carbocycles. The Balaban J connectivity index is 1.67. The van der Waals surface area contributed by atoms with Crippen molar-refractivity contribution < 1.29 is 23.1 Å². The summed E-state index contributed by atoms with van der Waals surface area (Å²) in [5, 5.41) is 9.41. The van der Waals surface area contributed by atoms with E-state index in [2.05, 4.69) is 9.97 Å². The van der Waals surface area contributed by atoms with Crippen LogP contribution in [0.15, 0.2) is 56.9 Å². The highest BCUT2D eigenvalue weighted by atomic mass is 32.2. The summed E-state index contributed by atoms with van der Waals surface area (Å²) >= 11 is 4.20. The Morgan fingerprint density at radius 2 is 2.00 bits per heavy atom. The van der Waals surface area contributed by atoms with Gasteiger partial charge >= 0.3 is 5.97 Å². The van der Waals surface area contributed by atoms with E-state index in [1.807, 2.05) is 32.2 Å². The predicted molar refractivity (Wildman–Crippen MR) is 141 cm³/mol. The standard InChI is InChI=1S/C23H27N3O5S4/c1-4-11-26(12-13-33-17-5-6-19(16(2)14-17)31-15-21(27)28)35(29,30)22-8-7-20(34-22)18-9-10-24-23(25-18)32-3/h5-10,14H,4,11-13,15H2,1-3H3,(H,27,28). The molecule has 3 aromatic rings. The van der Waals surface area contributed by atoms with Crippen LogP contribution in [0.3, 0.4) is 0 Å². The van der Waals surface area contributed by atoms with E-state index in [4.69, 9.17) is 9.84 Å². The lowest BCUT2D eigenvalue weighted by Crippen LogP contribution is -2.33. The van der Waals surface area contributed by atoms with E-state index in [9.17, 15) is 13.2 Å². The van der Waals surface area contributed by atoms with Gasteiger partial charge in [-0.05, 0) is 61.6 Å². The van der Waals surface area contributed by atoms with Gasteiger partial charge in [0.2, 0.25) is 0 Å². The maximum atomic E-state index is 13.4. The number of aliphatic carboxylic acids is 1. The zero-order valence-corrected chi connectivity index (χ0v) is 22.9.